The van der Waals surface area contributed by atoms with Gasteiger partial charge in [-0.05, 0) is 31.0 Å². The van der Waals surface area contributed by atoms with E-state index in [1.165, 1.54) is 6.20 Å². The molecule has 130 valence electrons. The molecule has 2 heterocycles. The number of hydrogen-bond donors (Lipinski definition) is 2. The Morgan fingerprint density at radius 2 is 2.12 bits per heavy atom. The molecule has 0 aliphatic carbocycles. The number of nitriles is 1. The molecule has 0 saturated carbocycles. The molecule has 1 aromatic carbocycles. The lowest BCUT2D eigenvalue weighted by molar-refractivity contribution is 0.166. The van der Waals surface area contributed by atoms with E-state index in [1.807, 2.05) is 0 Å². The summed E-state index contributed by atoms with van der Waals surface area (Å²) >= 11 is 0. The van der Waals surface area contributed by atoms with Crippen molar-refractivity contribution in [2.75, 3.05) is 19.6 Å². The zero-order valence-corrected chi connectivity index (χ0v) is 13.7. The number of carboxylic acid groups (broad SMARTS) is 1. The molecule has 1 aliphatic heterocycles. The van der Waals surface area contributed by atoms with Crippen LogP contribution >= 0.6 is 0 Å². The van der Waals surface area contributed by atoms with Crippen LogP contribution in [0.3, 0.4) is 0 Å². The van der Waals surface area contributed by atoms with E-state index in [0.717, 1.165) is 25.9 Å². The number of nitrogens with one attached hydrogen (secondary N) is 1. The van der Waals surface area contributed by atoms with Crippen molar-refractivity contribution in [1.82, 2.24) is 19.8 Å². The third-order valence-corrected chi connectivity index (χ3v) is 4.53. The van der Waals surface area contributed by atoms with Gasteiger partial charge in [0.2, 0.25) is 0 Å². The highest BCUT2D eigenvalue weighted by Crippen LogP contribution is 2.13. The monoisotopic (exact) mass is 341 g/mol. The lowest BCUT2D eigenvalue weighted by Crippen LogP contribution is -2.45. The minimum atomic E-state index is -0.981. The molecule has 0 unspecified atom stereocenters. The van der Waals surface area contributed by atoms with Crippen molar-refractivity contribution in [2.45, 2.75) is 25.4 Å². The number of likely N-dealkylation sites (tertiary alicyclic amines) is 1. The molecule has 8 nitrogen and oxygen atoms in total. The summed E-state index contributed by atoms with van der Waals surface area (Å²) in [6.45, 7) is 2.82. The Morgan fingerprint density at radius 3 is 2.80 bits per heavy atom. The maximum Gasteiger partial charge on any atom is 0.404 e. The van der Waals surface area contributed by atoms with E-state index < -0.39 is 6.09 Å². The van der Waals surface area contributed by atoms with Gasteiger partial charge in [-0.2, -0.15) is 5.26 Å². The first-order valence-corrected chi connectivity index (χ1v) is 8.18. The van der Waals surface area contributed by atoms with Crippen molar-refractivity contribution in [3.8, 4) is 6.07 Å². The minimum absolute atomic E-state index is 0.00244. The number of piperidine rings is 1. The Hall–Kier alpha value is -2.92. The second-order valence-corrected chi connectivity index (χ2v) is 6.13. The van der Waals surface area contributed by atoms with Crippen molar-refractivity contribution in [1.29, 1.82) is 5.26 Å². The van der Waals surface area contributed by atoms with Crippen molar-refractivity contribution in [3.63, 3.8) is 0 Å². The summed E-state index contributed by atoms with van der Waals surface area (Å²) in [5, 5.41) is 20.3. The second-order valence-electron chi connectivity index (χ2n) is 6.13. The van der Waals surface area contributed by atoms with Crippen LogP contribution in [-0.2, 0) is 6.54 Å². The lowest BCUT2D eigenvalue weighted by atomic mass is 10.1. The summed E-state index contributed by atoms with van der Waals surface area (Å²) in [6, 6.07) is 7.19. The summed E-state index contributed by atoms with van der Waals surface area (Å²) in [4.78, 5) is 29.2. The van der Waals surface area contributed by atoms with Gasteiger partial charge in [0.05, 0.1) is 28.9 Å². The zero-order valence-electron chi connectivity index (χ0n) is 13.7. The number of rotatable bonds is 4. The SMILES string of the molecule is N#Cc1ccc2c(c1)ncc(=O)n2CCN1CCC(NC(=O)O)CC1. The van der Waals surface area contributed by atoms with E-state index in [1.54, 1.807) is 22.8 Å². The fourth-order valence-corrected chi connectivity index (χ4v) is 3.19. The summed E-state index contributed by atoms with van der Waals surface area (Å²) < 4.78 is 1.67. The van der Waals surface area contributed by atoms with E-state index in [2.05, 4.69) is 21.3 Å². The Balaban J connectivity index is 1.68. The lowest BCUT2D eigenvalue weighted by Gasteiger charge is -2.31. The van der Waals surface area contributed by atoms with Gasteiger partial charge in [-0.25, -0.2) is 9.78 Å². The highest BCUT2D eigenvalue weighted by atomic mass is 16.4. The quantitative estimate of drug-likeness (QED) is 0.858. The number of benzene rings is 1. The fourth-order valence-electron chi connectivity index (χ4n) is 3.19. The largest absolute Gasteiger partial charge is 0.465 e. The highest BCUT2D eigenvalue weighted by Gasteiger charge is 2.20. The van der Waals surface area contributed by atoms with Crippen LogP contribution in [0.4, 0.5) is 4.79 Å². The van der Waals surface area contributed by atoms with Gasteiger partial charge in [0.1, 0.15) is 0 Å². The average molecular weight is 341 g/mol. The summed E-state index contributed by atoms with van der Waals surface area (Å²) in [6.07, 6.45) is 1.84. The number of fused-ring (bicyclic) bond motifs is 1. The Bertz CT molecular complexity index is 878. The number of hydrogen-bond acceptors (Lipinski definition) is 5. The molecule has 0 radical (unpaired) electrons. The molecule has 1 fully saturated rings. The Labute approximate surface area is 144 Å². The van der Waals surface area contributed by atoms with Gasteiger partial charge >= 0.3 is 6.09 Å². The molecule has 0 atom stereocenters. The molecule has 3 rings (SSSR count). The third kappa shape index (κ3) is 3.95. The van der Waals surface area contributed by atoms with Crippen LogP contribution < -0.4 is 10.9 Å². The number of carbonyl (C=O) groups is 1. The highest BCUT2D eigenvalue weighted by molar-refractivity contribution is 5.76. The van der Waals surface area contributed by atoms with Crippen molar-refractivity contribution < 1.29 is 9.90 Å². The van der Waals surface area contributed by atoms with E-state index >= 15 is 0 Å². The first-order valence-electron chi connectivity index (χ1n) is 8.18. The molecule has 25 heavy (non-hydrogen) atoms. The predicted octanol–water partition coefficient (Wildman–Crippen LogP) is 1.00. The van der Waals surface area contributed by atoms with Crippen LogP contribution in [0.5, 0.6) is 0 Å². The van der Waals surface area contributed by atoms with Gasteiger partial charge in [-0.1, -0.05) is 0 Å². The topological polar surface area (TPSA) is 111 Å². The molecule has 1 aliphatic rings. The van der Waals surface area contributed by atoms with E-state index in [4.69, 9.17) is 10.4 Å². The van der Waals surface area contributed by atoms with Gasteiger partial charge in [-0.3, -0.25) is 4.79 Å². The summed E-state index contributed by atoms with van der Waals surface area (Å²) in [5.74, 6) is 0. The number of aromatic nitrogens is 2. The minimum Gasteiger partial charge on any atom is -0.465 e. The van der Waals surface area contributed by atoms with Crippen molar-refractivity contribution >= 4 is 17.1 Å². The normalized spacial score (nSPS) is 15.8. The summed E-state index contributed by atoms with van der Waals surface area (Å²) in [7, 11) is 0. The molecule has 0 bridgehead atoms. The van der Waals surface area contributed by atoms with Gasteiger partial charge in [0.25, 0.3) is 5.56 Å². The van der Waals surface area contributed by atoms with E-state index in [9.17, 15) is 9.59 Å². The van der Waals surface area contributed by atoms with E-state index in [-0.39, 0.29) is 11.6 Å². The molecule has 8 heteroatoms. The molecule has 1 saturated heterocycles. The third-order valence-electron chi connectivity index (χ3n) is 4.53. The Kier molecular flexibility index (Phi) is 4.95. The second kappa shape index (κ2) is 7.32. The average Bonchev–Trinajstić information content (AvgIpc) is 2.61. The number of nitrogens with zero attached hydrogens (tertiary/aromatic N) is 4. The smallest absolute Gasteiger partial charge is 0.404 e. The first kappa shape index (κ1) is 16.9. The van der Waals surface area contributed by atoms with Crippen LogP contribution in [0.2, 0.25) is 0 Å². The van der Waals surface area contributed by atoms with Crippen LogP contribution in [-0.4, -0.2) is 51.3 Å². The molecule has 2 aromatic rings. The van der Waals surface area contributed by atoms with Crippen LogP contribution in [0, 0.1) is 11.3 Å². The summed E-state index contributed by atoms with van der Waals surface area (Å²) in [5.41, 5.74) is 1.69. The van der Waals surface area contributed by atoms with Crippen LogP contribution in [0.15, 0.2) is 29.2 Å². The van der Waals surface area contributed by atoms with Crippen LogP contribution in [0.1, 0.15) is 18.4 Å². The molecule has 2 N–H and O–H groups in total. The van der Waals surface area contributed by atoms with Crippen LogP contribution in [0.25, 0.3) is 11.0 Å². The maximum atomic E-state index is 12.2. The molecular formula is C17H19N5O3. The van der Waals surface area contributed by atoms with Gasteiger partial charge in [0.15, 0.2) is 0 Å². The van der Waals surface area contributed by atoms with Gasteiger partial charge in [0, 0.05) is 32.2 Å². The molecular weight excluding hydrogens is 322 g/mol. The zero-order chi connectivity index (χ0) is 17.8. The van der Waals surface area contributed by atoms with Gasteiger partial charge in [-0.15, -0.1) is 0 Å². The van der Waals surface area contributed by atoms with Gasteiger partial charge < -0.3 is 19.9 Å². The first-order chi connectivity index (χ1) is 12.1. The van der Waals surface area contributed by atoms with E-state index in [0.29, 0.717) is 29.7 Å². The predicted molar refractivity (Wildman–Crippen MR) is 91.3 cm³/mol. The van der Waals surface area contributed by atoms with Crippen molar-refractivity contribution in [2.24, 2.45) is 0 Å². The fraction of sp³-hybridized carbons (Fsp3) is 0.412. The van der Waals surface area contributed by atoms with Crippen molar-refractivity contribution in [3.05, 3.63) is 40.3 Å². The molecule has 0 spiro atoms. The molecule has 1 amide bonds. The molecule has 1 aromatic heterocycles. The maximum absolute atomic E-state index is 12.2. The standard InChI is InChI=1S/C17H19N5O3/c18-10-12-1-2-15-14(9-12)19-11-16(23)22(15)8-7-21-5-3-13(4-6-21)20-17(24)25/h1-2,9,11,13,20H,3-8H2,(H,24,25). The number of amides is 1. The Morgan fingerprint density at radius 1 is 1.36 bits per heavy atom.